The molecule has 8 heteroatoms. The number of rotatable bonds is 6. The Morgan fingerprint density at radius 3 is 2.86 bits per heavy atom. The second kappa shape index (κ2) is 8.34. The molecule has 4 rings (SSSR count). The number of carbonyl (C=O) groups is 1. The zero-order valence-corrected chi connectivity index (χ0v) is 17.0. The van der Waals surface area contributed by atoms with Gasteiger partial charge in [-0.25, -0.2) is 4.52 Å². The summed E-state index contributed by atoms with van der Waals surface area (Å²) in [7, 11) is 0. The Morgan fingerprint density at radius 2 is 2.07 bits per heavy atom. The molecule has 1 aliphatic heterocycles. The van der Waals surface area contributed by atoms with Crippen molar-refractivity contribution in [2.45, 2.75) is 26.3 Å². The molecule has 0 aliphatic carbocycles. The van der Waals surface area contributed by atoms with Crippen LogP contribution >= 0.6 is 0 Å². The summed E-state index contributed by atoms with van der Waals surface area (Å²) in [6.45, 7) is 9.15. The van der Waals surface area contributed by atoms with E-state index < -0.39 is 6.04 Å². The fourth-order valence-electron chi connectivity index (χ4n) is 4.11. The largest absolute Gasteiger partial charge is 0.370 e. The highest BCUT2D eigenvalue weighted by Crippen LogP contribution is 2.24. The van der Waals surface area contributed by atoms with E-state index in [1.54, 1.807) is 0 Å². The molecule has 3 heterocycles. The average Bonchev–Trinajstić information content (AvgIpc) is 3.06. The predicted octanol–water partition coefficient (Wildman–Crippen LogP) is -0.0600. The molecule has 0 radical (unpaired) electrons. The van der Waals surface area contributed by atoms with Crippen molar-refractivity contribution in [3.05, 3.63) is 46.4 Å². The Labute approximate surface area is 169 Å². The van der Waals surface area contributed by atoms with Crippen LogP contribution in [0.15, 0.2) is 35.1 Å². The molecular formula is C21H28N5O3+. The van der Waals surface area contributed by atoms with Crippen LogP contribution in [0, 0.1) is 6.92 Å². The van der Waals surface area contributed by atoms with E-state index >= 15 is 0 Å². The van der Waals surface area contributed by atoms with E-state index in [0.29, 0.717) is 12.2 Å². The molecule has 29 heavy (non-hydrogen) atoms. The third-order valence-electron chi connectivity index (χ3n) is 5.64. The highest BCUT2D eigenvalue weighted by molar-refractivity contribution is 5.94. The van der Waals surface area contributed by atoms with E-state index in [1.807, 2.05) is 47.3 Å². The molecule has 0 spiro atoms. The first-order valence-electron chi connectivity index (χ1n) is 10.2. The van der Waals surface area contributed by atoms with Gasteiger partial charge in [0.15, 0.2) is 5.65 Å². The Hall–Kier alpha value is -2.71. The monoisotopic (exact) mass is 398 g/mol. The average molecular weight is 398 g/mol. The van der Waals surface area contributed by atoms with Gasteiger partial charge in [0.1, 0.15) is 19.1 Å². The van der Waals surface area contributed by atoms with Gasteiger partial charge in [-0.2, -0.15) is 4.98 Å². The van der Waals surface area contributed by atoms with Gasteiger partial charge in [-0.1, -0.05) is 12.1 Å². The lowest BCUT2D eigenvalue weighted by Gasteiger charge is -2.24. The summed E-state index contributed by atoms with van der Waals surface area (Å²) in [5.74, 6) is -0.0391. The van der Waals surface area contributed by atoms with Crippen molar-refractivity contribution in [2.75, 3.05) is 39.4 Å². The maximum Gasteiger partial charge on any atom is 0.273 e. The topological polar surface area (TPSA) is 82.1 Å². The first-order chi connectivity index (χ1) is 14.1. The number of ether oxygens (including phenoxy) is 1. The highest BCUT2D eigenvalue weighted by atomic mass is 16.5. The van der Waals surface area contributed by atoms with E-state index in [-0.39, 0.29) is 11.5 Å². The lowest BCUT2D eigenvalue weighted by molar-refractivity contribution is -0.908. The number of hydrogen-bond donors (Lipinski definition) is 2. The summed E-state index contributed by atoms with van der Waals surface area (Å²) in [5, 5.41) is 3.94. The number of benzene rings is 1. The van der Waals surface area contributed by atoms with Crippen molar-refractivity contribution in [3.63, 3.8) is 0 Å². The number of aryl methyl sites for hydroxylation is 1. The van der Waals surface area contributed by atoms with Gasteiger partial charge < -0.3 is 15.0 Å². The van der Waals surface area contributed by atoms with Crippen LogP contribution < -0.4 is 15.8 Å². The maximum absolute atomic E-state index is 12.9. The number of para-hydroxylation sites is 1. The van der Waals surface area contributed by atoms with Crippen molar-refractivity contribution in [1.82, 2.24) is 19.5 Å². The summed E-state index contributed by atoms with van der Waals surface area (Å²) in [4.78, 5) is 30.6. The number of nitrogens with zero attached hydrogens (tertiary/aromatic N) is 3. The number of amides is 1. The molecule has 154 valence electrons. The molecule has 1 aliphatic rings. The van der Waals surface area contributed by atoms with Crippen molar-refractivity contribution < 1.29 is 14.4 Å². The maximum atomic E-state index is 12.9. The van der Waals surface area contributed by atoms with Crippen molar-refractivity contribution in [1.29, 1.82) is 0 Å². The van der Waals surface area contributed by atoms with Gasteiger partial charge in [0.25, 0.3) is 5.56 Å². The van der Waals surface area contributed by atoms with Crippen molar-refractivity contribution in [3.8, 4) is 0 Å². The van der Waals surface area contributed by atoms with Crippen LogP contribution in [0.25, 0.3) is 16.6 Å². The molecular weight excluding hydrogens is 370 g/mol. The number of aromatic nitrogens is 3. The van der Waals surface area contributed by atoms with Crippen LogP contribution in [-0.2, 0) is 9.53 Å². The van der Waals surface area contributed by atoms with E-state index in [9.17, 15) is 9.59 Å². The van der Waals surface area contributed by atoms with E-state index in [2.05, 4.69) is 10.3 Å². The zero-order valence-electron chi connectivity index (χ0n) is 17.0. The number of fused-ring (bicyclic) bond motifs is 3. The molecule has 1 atom stereocenters. The van der Waals surface area contributed by atoms with Crippen LogP contribution in [0.1, 0.15) is 25.1 Å². The van der Waals surface area contributed by atoms with Crippen molar-refractivity contribution in [2.24, 2.45) is 0 Å². The minimum atomic E-state index is -0.434. The van der Waals surface area contributed by atoms with Gasteiger partial charge in [0.05, 0.1) is 25.3 Å². The molecule has 1 amide bonds. The van der Waals surface area contributed by atoms with Crippen molar-refractivity contribution >= 4 is 22.5 Å². The van der Waals surface area contributed by atoms with Crippen LogP contribution in [0.3, 0.4) is 0 Å². The Morgan fingerprint density at radius 1 is 1.31 bits per heavy atom. The van der Waals surface area contributed by atoms with Gasteiger partial charge in [-0.05, 0) is 26.0 Å². The Balaban J connectivity index is 1.53. The molecule has 3 aromatic rings. The smallest absolute Gasteiger partial charge is 0.273 e. The quantitative estimate of drug-likeness (QED) is 0.570. The Bertz CT molecular complexity index is 1080. The van der Waals surface area contributed by atoms with Crippen LogP contribution in [0.5, 0.6) is 0 Å². The molecule has 0 bridgehead atoms. The minimum Gasteiger partial charge on any atom is -0.370 e. The van der Waals surface area contributed by atoms with Gasteiger partial charge in [-0.15, -0.1) is 0 Å². The number of quaternary nitrogens is 1. The van der Waals surface area contributed by atoms with Crippen LogP contribution in [0.2, 0.25) is 0 Å². The summed E-state index contributed by atoms with van der Waals surface area (Å²) in [6.07, 6.45) is 0.939. The molecule has 8 nitrogen and oxygen atoms in total. The van der Waals surface area contributed by atoms with Gasteiger partial charge in [0, 0.05) is 30.1 Å². The van der Waals surface area contributed by atoms with E-state index in [0.717, 1.165) is 55.9 Å². The standard InChI is InChI=1S/C21H27N5O3/c1-15-14-19(27)23-20-17-6-3-4-7-18(17)26(25(15)20)16(2)21(28)22-8-5-9-24-10-12-29-13-11-24/h3-4,6-7,14,16H,5,8-13H2,1-2H3,(H,22,28)/p+1. The summed E-state index contributed by atoms with van der Waals surface area (Å²) >= 11 is 0. The summed E-state index contributed by atoms with van der Waals surface area (Å²) < 4.78 is 9.18. The summed E-state index contributed by atoms with van der Waals surface area (Å²) in [6, 6.07) is 8.80. The number of carbonyl (C=O) groups excluding carboxylic acids is 1. The number of morpholine rings is 1. The van der Waals surface area contributed by atoms with Gasteiger partial charge in [0.2, 0.25) is 5.91 Å². The minimum absolute atomic E-state index is 0.0391. The second-order valence-electron chi connectivity index (χ2n) is 7.67. The summed E-state index contributed by atoms with van der Waals surface area (Å²) in [5.41, 5.74) is 1.95. The molecule has 1 saturated heterocycles. The molecule has 2 N–H and O–H groups in total. The first-order valence-corrected chi connectivity index (χ1v) is 10.2. The normalized spacial score (nSPS) is 16.3. The molecule has 1 aromatic carbocycles. The number of nitrogens with one attached hydrogen (secondary N) is 2. The van der Waals surface area contributed by atoms with Gasteiger partial charge in [-0.3, -0.25) is 14.3 Å². The molecule has 1 unspecified atom stereocenters. The van der Waals surface area contributed by atoms with Gasteiger partial charge >= 0.3 is 0 Å². The number of hydrogen-bond acceptors (Lipinski definition) is 4. The predicted molar refractivity (Wildman–Crippen MR) is 110 cm³/mol. The molecule has 0 saturated carbocycles. The third kappa shape index (κ3) is 3.90. The molecule has 1 fully saturated rings. The van der Waals surface area contributed by atoms with Crippen LogP contribution in [0.4, 0.5) is 0 Å². The first kappa shape index (κ1) is 19.6. The third-order valence-corrected chi connectivity index (χ3v) is 5.64. The lowest BCUT2D eigenvalue weighted by atomic mass is 10.2. The Kier molecular flexibility index (Phi) is 5.64. The van der Waals surface area contributed by atoms with E-state index in [1.165, 1.54) is 11.0 Å². The lowest BCUT2D eigenvalue weighted by Crippen LogP contribution is -3.14. The van der Waals surface area contributed by atoms with E-state index in [4.69, 9.17) is 4.74 Å². The molecule has 2 aromatic heterocycles. The second-order valence-corrected chi connectivity index (χ2v) is 7.67. The SMILES string of the molecule is Cc1cc(=O)nc2c3ccccc3n(C(C)C(=O)NCCC[NH+]3CCOCC3)n12. The fourth-order valence-corrected chi connectivity index (χ4v) is 4.11. The highest BCUT2D eigenvalue weighted by Gasteiger charge is 2.22. The fraction of sp³-hybridized carbons (Fsp3) is 0.476. The van der Waals surface area contributed by atoms with Crippen LogP contribution in [-0.4, -0.2) is 59.5 Å². The zero-order chi connectivity index (χ0) is 20.4.